The smallest absolute Gasteiger partial charge is 0.179 e. The van der Waals surface area contributed by atoms with Gasteiger partial charge in [0.25, 0.3) is 0 Å². The Morgan fingerprint density at radius 2 is 2.00 bits per heavy atom. The van der Waals surface area contributed by atoms with E-state index in [-0.39, 0.29) is 5.75 Å². The maximum Gasteiger partial charge on any atom is 0.179 e. The van der Waals surface area contributed by atoms with Gasteiger partial charge in [-0.15, -0.1) is 0 Å². The predicted octanol–water partition coefficient (Wildman–Crippen LogP) is 2.55. The van der Waals surface area contributed by atoms with Gasteiger partial charge in [0.2, 0.25) is 0 Å². The molecule has 6 heteroatoms. The number of nitrogens with zero attached hydrogens (tertiary/aromatic N) is 2. The molecule has 1 aliphatic rings. The molecule has 0 bridgehead atoms. The third-order valence-electron chi connectivity index (χ3n) is 4.34. The predicted molar refractivity (Wildman–Crippen MR) is 90.8 cm³/mol. The van der Waals surface area contributed by atoms with Crippen LogP contribution in [0.1, 0.15) is 24.8 Å². The number of nitriles is 1. The van der Waals surface area contributed by atoms with Crippen molar-refractivity contribution in [2.75, 3.05) is 25.6 Å². The summed E-state index contributed by atoms with van der Waals surface area (Å²) in [5.74, 6) is 0.118. The average Bonchev–Trinajstić information content (AvgIpc) is 3.01. The second-order valence-corrected chi connectivity index (χ2v) is 8.89. The second-order valence-electron chi connectivity index (χ2n) is 5.71. The van der Waals surface area contributed by atoms with Crippen LogP contribution in [0.2, 0.25) is 0 Å². The Labute approximate surface area is 137 Å². The molecule has 2 atom stereocenters. The van der Waals surface area contributed by atoms with Crippen LogP contribution in [0.3, 0.4) is 0 Å². The summed E-state index contributed by atoms with van der Waals surface area (Å²) in [5.41, 5.74) is 0.477. The minimum Gasteiger partial charge on any atom is -0.301 e. The van der Waals surface area contributed by atoms with Gasteiger partial charge in [0.1, 0.15) is 0 Å². The van der Waals surface area contributed by atoms with Gasteiger partial charge < -0.3 is 4.90 Å². The van der Waals surface area contributed by atoms with E-state index in [9.17, 15) is 8.42 Å². The first-order valence-electron chi connectivity index (χ1n) is 7.44. The maximum absolute atomic E-state index is 12.4. The van der Waals surface area contributed by atoms with E-state index < -0.39 is 9.84 Å². The molecule has 1 saturated carbocycles. The van der Waals surface area contributed by atoms with Crippen molar-refractivity contribution in [1.29, 1.82) is 5.26 Å². The summed E-state index contributed by atoms with van der Waals surface area (Å²) < 4.78 is 24.8. The van der Waals surface area contributed by atoms with Crippen LogP contribution >= 0.6 is 11.8 Å². The van der Waals surface area contributed by atoms with Crippen molar-refractivity contribution in [2.45, 2.75) is 35.4 Å². The minimum atomic E-state index is -3.29. The first kappa shape index (κ1) is 17.3. The monoisotopic (exact) mass is 338 g/mol. The Bertz CT molecular complexity index is 635. The third-order valence-corrected chi connectivity index (χ3v) is 7.21. The fourth-order valence-corrected chi connectivity index (χ4v) is 5.35. The largest absolute Gasteiger partial charge is 0.301 e. The lowest BCUT2D eigenvalue weighted by molar-refractivity contribution is 0.264. The number of rotatable bonds is 6. The van der Waals surface area contributed by atoms with E-state index in [4.69, 9.17) is 5.26 Å². The topological polar surface area (TPSA) is 61.2 Å². The number of benzene rings is 1. The average molecular weight is 338 g/mol. The molecule has 4 nitrogen and oxygen atoms in total. The molecular formula is C16H22N2O2S2. The zero-order valence-electron chi connectivity index (χ0n) is 13.0. The number of hydrogen-bond donors (Lipinski definition) is 0. The number of sulfone groups is 1. The minimum absolute atomic E-state index is 0.118. The highest BCUT2D eigenvalue weighted by Gasteiger charge is 2.30. The molecular weight excluding hydrogens is 316 g/mol. The van der Waals surface area contributed by atoms with Crippen LogP contribution in [0.25, 0.3) is 0 Å². The highest BCUT2D eigenvalue weighted by atomic mass is 32.2. The van der Waals surface area contributed by atoms with Crippen LogP contribution in [-0.2, 0) is 9.84 Å². The van der Waals surface area contributed by atoms with Crippen LogP contribution in [-0.4, -0.2) is 50.2 Å². The Hall–Kier alpha value is -1.03. The Morgan fingerprint density at radius 1 is 1.32 bits per heavy atom. The van der Waals surface area contributed by atoms with Gasteiger partial charge >= 0.3 is 0 Å². The molecule has 0 aliphatic heterocycles. The molecule has 0 radical (unpaired) electrons. The molecule has 1 aromatic carbocycles. The van der Waals surface area contributed by atoms with Gasteiger partial charge in [-0.05, 0) is 50.4 Å². The van der Waals surface area contributed by atoms with Gasteiger partial charge in [0, 0.05) is 17.8 Å². The van der Waals surface area contributed by atoms with Crippen LogP contribution in [0.5, 0.6) is 0 Å². The van der Waals surface area contributed by atoms with Crippen LogP contribution in [0.15, 0.2) is 29.2 Å². The van der Waals surface area contributed by atoms with E-state index in [1.165, 1.54) is 25.0 Å². The van der Waals surface area contributed by atoms with Crippen molar-refractivity contribution in [3.63, 3.8) is 0 Å². The lowest BCUT2D eigenvalue weighted by Crippen LogP contribution is -2.38. The summed E-state index contributed by atoms with van der Waals surface area (Å²) in [7, 11) is -1.27. The number of hydrogen-bond acceptors (Lipinski definition) is 5. The third kappa shape index (κ3) is 4.03. The van der Waals surface area contributed by atoms with Crippen molar-refractivity contribution >= 4 is 21.6 Å². The van der Waals surface area contributed by atoms with Gasteiger partial charge in [-0.1, -0.05) is 6.42 Å². The fraction of sp³-hybridized carbons (Fsp3) is 0.562. The normalized spacial score (nSPS) is 21.9. The molecule has 1 fully saturated rings. The molecule has 0 amide bonds. The summed E-state index contributed by atoms with van der Waals surface area (Å²) in [4.78, 5) is 2.49. The van der Waals surface area contributed by atoms with Crippen molar-refractivity contribution in [3.05, 3.63) is 29.8 Å². The zero-order valence-corrected chi connectivity index (χ0v) is 14.7. The fourth-order valence-electron chi connectivity index (χ4n) is 2.97. The first-order chi connectivity index (χ1) is 10.5. The molecule has 0 N–H and O–H groups in total. The highest BCUT2D eigenvalue weighted by Crippen LogP contribution is 2.31. The quantitative estimate of drug-likeness (QED) is 0.798. The summed E-state index contributed by atoms with van der Waals surface area (Å²) >= 11 is 1.88. The molecule has 22 heavy (non-hydrogen) atoms. The Kier molecular flexibility index (Phi) is 5.90. The van der Waals surface area contributed by atoms with Crippen LogP contribution < -0.4 is 0 Å². The second kappa shape index (κ2) is 7.49. The first-order valence-corrected chi connectivity index (χ1v) is 10.4. The van der Waals surface area contributed by atoms with Gasteiger partial charge in [0.05, 0.1) is 22.3 Å². The molecule has 120 valence electrons. The molecule has 1 aromatic rings. The zero-order chi connectivity index (χ0) is 16.2. The summed E-state index contributed by atoms with van der Waals surface area (Å²) in [6.45, 7) is 0.546. The summed E-state index contributed by atoms with van der Waals surface area (Å²) in [5, 5.41) is 9.38. The van der Waals surface area contributed by atoms with Crippen molar-refractivity contribution in [3.8, 4) is 6.07 Å². The lowest BCUT2D eigenvalue weighted by Gasteiger charge is -2.28. The van der Waals surface area contributed by atoms with E-state index in [0.29, 0.717) is 28.3 Å². The van der Waals surface area contributed by atoms with E-state index in [1.54, 1.807) is 12.1 Å². The molecule has 2 rings (SSSR count). The van der Waals surface area contributed by atoms with Crippen LogP contribution in [0.4, 0.5) is 0 Å². The number of thioether (sulfide) groups is 1. The Morgan fingerprint density at radius 3 is 2.59 bits per heavy atom. The van der Waals surface area contributed by atoms with Crippen molar-refractivity contribution < 1.29 is 8.42 Å². The molecule has 0 saturated heterocycles. The van der Waals surface area contributed by atoms with Gasteiger partial charge in [0.15, 0.2) is 9.84 Å². The molecule has 0 unspecified atom stereocenters. The Balaban J connectivity index is 1.98. The summed E-state index contributed by atoms with van der Waals surface area (Å²) in [6.07, 6.45) is 5.73. The molecule has 0 heterocycles. The van der Waals surface area contributed by atoms with E-state index in [2.05, 4.69) is 11.2 Å². The van der Waals surface area contributed by atoms with E-state index >= 15 is 0 Å². The van der Waals surface area contributed by atoms with Crippen LogP contribution in [0, 0.1) is 11.3 Å². The molecule has 0 spiro atoms. The maximum atomic E-state index is 12.4. The molecule has 1 aliphatic carbocycles. The van der Waals surface area contributed by atoms with Gasteiger partial charge in [-0.2, -0.15) is 17.0 Å². The lowest BCUT2D eigenvalue weighted by atomic mass is 10.2. The molecule has 0 aromatic heterocycles. The van der Waals surface area contributed by atoms with Gasteiger partial charge in [-0.3, -0.25) is 0 Å². The SMILES string of the molecule is CS[C@@H]1CCC[C@H]1N(C)CCS(=O)(=O)c1ccc(C#N)cc1. The van der Waals surface area contributed by atoms with Gasteiger partial charge in [-0.25, -0.2) is 8.42 Å². The standard InChI is InChI=1S/C16H22N2O2S2/c1-18(15-4-3-5-16(15)21-2)10-11-22(19,20)14-8-6-13(12-17)7-9-14/h6-9,15-16H,3-5,10-11H2,1-2H3/t15-,16-/m1/s1. The van der Waals surface area contributed by atoms with Crippen molar-refractivity contribution in [2.24, 2.45) is 0 Å². The van der Waals surface area contributed by atoms with E-state index in [1.807, 2.05) is 24.9 Å². The van der Waals surface area contributed by atoms with Crippen molar-refractivity contribution in [1.82, 2.24) is 4.90 Å². The highest BCUT2D eigenvalue weighted by molar-refractivity contribution is 7.99. The van der Waals surface area contributed by atoms with E-state index in [0.717, 1.165) is 6.42 Å². The summed E-state index contributed by atoms with van der Waals surface area (Å²) in [6, 6.07) is 8.63.